The molecule has 0 aliphatic heterocycles. The number of aliphatic carboxylic acids is 1. The minimum Gasteiger partial charge on any atom is -0.480 e. The highest BCUT2D eigenvalue weighted by Gasteiger charge is 2.26. The molecule has 0 saturated heterocycles. The lowest BCUT2D eigenvalue weighted by Gasteiger charge is -2.21. The van der Waals surface area contributed by atoms with E-state index in [1.807, 2.05) is 36.6 Å². The van der Waals surface area contributed by atoms with Crippen LogP contribution < -0.4 is 21.7 Å². The standard InChI is InChI=1S/C19H28N4O5S/c1-29-10-9-15(19(27)28)23-18(26)14(8-7-13-5-3-2-4-6-13)22-17(25)12-21-16(24)11-20/h2-6,14-15H,7-12,20H2,1H3,(H,21,24)(H,22,25)(H,23,26)(H,27,28)/t14-,15-/m0/s1. The van der Waals surface area contributed by atoms with Gasteiger partial charge in [-0.25, -0.2) is 4.79 Å². The molecule has 0 saturated carbocycles. The fourth-order valence-corrected chi connectivity index (χ4v) is 2.96. The summed E-state index contributed by atoms with van der Waals surface area (Å²) < 4.78 is 0. The highest BCUT2D eigenvalue weighted by Crippen LogP contribution is 2.07. The van der Waals surface area contributed by atoms with Crippen LogP contribution in [0.25, 0.3) is 0 Å². The number of thioether (sulfide) groups is 1. The summed E-state index contributed by atoms with van der Waals surface area (Å²) in [6.07, 6.45) is 2.91. The van der Waals surface area contributed by atoms with E-state index in [2.05, 4.69) is 16.0 Å². The quantitative estimate of drug-likeness (QED) is 0.286. The molecule has 0 heterocycles. The van der Waals surface area contributed by atoms with Gasteiger partial charge in [0.25, 0.3) is 0 Å². The topological polar surface area (TPSA) is 151 Å². The summed E-state index contributed by atoms with van der Waals surface area (Å²) in [6.45, 7) is -0.569. The second kappa shape index (κ2) is 13.6. The minimum absolute atomic E-state index is 0.249. The monoisotopic (exact) mass is 424 g/mol. The van der Waals surface area contributed by atoms with E-state index >= 15 is 0 Å². The molecule has 29 heavy (non-hydrogen) atoms. The SMILES string of the molecule is CSCC[C@H](NC(=O)[C@H](CCc1ccccc1)NC(=O)CNC(=O)CN)C(=O)O. The maximum atomic E-state index is 12.7. The van der Waals surface area contributed by atoms with E-state index in [-0.39, 0.29) is 25.9 Å². The molecule has 0 unspecified atom stereocenters. The van der Waals surface area contributed by atoms with E-state index in [9.17, 15) is 24.3 Å². The molecular weight excluding hydrogens is 396 g/mol. The fraction of sp³-hybridized carbons (Fsp3) is 0.474. The molecule has 0 aliphatic carbocycles. The van der Waals surface area contributed by atoms with Crippen molar-refractivity contribution in [2.24, 2.45) is 5.73 Å². The summed E-state index contributed by atoms with van der Waals surface area (Å²) in [5.41, 5.74) is 6.16. The zero-order chi connectivity index (χ0) is 21.6. The summed E-state index contributed by atoms with van der Waals surface area (Å²) in [5.74, 6) is -2.18. The normalized spacial score (nSPS) is 12.5. The van der Waals surface area contributed by atoms with Crippen molar-refractivity contribution in [2.75, 3.05) is 25.1 Å². The van der Waals surface area contributed by atoms with Crippen molar-refractivity contribution in [2.45, 2.75) is 31.3 Å². The van der Waals surface area contributed by atoms with Gasteiger partial charge in [-0.1, -0.05) is 30.3 Å². The zero-order valence-electron chi connectivity index (χ0n) is 16.3. The Kier molecular flexibility index (Phi) is 11.4. The molecule has 6 N–H and O–H groups in total. The summed E-state index contributed by atoms with van der Waals surface area (Å²) in [7, 11) is 0. The van der Waals surface area contributed by atoms with Crippen LogP contribution in [0.5, 0.6) is 0 Å². The Labute approximate surface area is 174 Å². The first kappa shape index (κ1) is 24.4. The maximum absolute atomic E-state index is 12.7. The van der Waals surface area contributed by atoms with E-state index in [0.717, 1.165) is 5.56 Å². The second-order valence-corrected chi connectivity index (χ2v) is 7.29. The summed E-state index contributed by atoms with van der Waals surface area (Å²) in [6, 6.07) is 7.44. The van der Waals surface area contributed by atoms with E-state index in [0.29, 0.717) is 12.2 Å². The average molecular weight is 425 g/mol. The fourth-order valence-electron chi connectivity index (χ4n) is 2.49. The van der Waals surface area contributed by atoms with E-state index in [4.69, 9.17) is 5.73 Å². The number of benzene rings is 1. The van der Waals surface area contributed by atoms with Gasteiger partial charge in [-0.05, 0) is 36.8 Å². The van der Waals surface area contributed by atoms with Gasteiger partial charge in [0.2, 0.25) is 17.7 Å². The van der Waals surface area contributed by atoms with Gasteiger partial charge in [-0.2, -0.15) is 11.8 Å². The van der Waals surface area contributed by atoms with Crippen LogP contribution in [-0.4, -0.2) is 66.0 Å². The number of carbonyl (C=O) groups is 4. The zero-order valence-corrected chi connectivity index (χ0v) is 17.2. The lowest BCUT2D eigenvalue weighted by atomic mass is 10.0. The Hall–Kier alpha value is -2.59. The number of carboxylic acid groups (broad SMARTS) is 1. The number of aryl methyl sites for hydroxylation is 1. The Morgan fingerprint density at radius 1 is 1.03 bits per heavy atom. The Balaban J connectivity index is 2.78. The molecular formula is C19H28N4O5S. The average Bonchev–Trinajstić information content (AvgIpc) is 2.72. The van der Waals surface area contributed by atoms with Crippen LogP contribution in [0.15, 0.2) is 30.3 Å². The van der Waals surface area contributed by atoms with Gasteiger partial charge in [0.1, 0.15) is 12.1 Å². The van der Waals surface area contributed by atoms with Crippen molar-refractivity contribution >= 4 is 35.5 Å². The van der Waals surface area contributed by atoms with Crippen LogP contribution in [0, 0.1) is 0 Å². The molecule has 0 bridgehead atoms. The largest absolute Gasteiger partial charge is 0.480 e. The predicted octanol–water partition coefficient (Wildman–Crippen LogP) is -0.499. The summed E-state index contributed by atoms with van der Waals surface area (Å²) >= 11 is 1.48. The second-order valence-electron chi connectivity index (χ2n) is 6.31. The van der Waals surface area contributed by atoms with Crippen LogP contribution in [-0.2, 0) is 25.6 Å². The molecule has 3 amide bonds. The first-order chi connectivity index (χ1) is 13.9. The molecule has 9 nitrogen and oxygen atoms in total. The van der Waals surface area contributed by atoms with Crippen molar-refractivity contribution in [1.82, 2.24) is 16.0 Å². The Morgan fingerprint density at radius 2 is 1.72 bits per heavy atom. The molecule has 1 rings (SSSR count). The van der Waals surface area contributed by atoms with E-state index in [1.54, 1.807) is 0 Å². The van der Waals surface area contributed by atoms with Gasteiger partial charge in [-0.3, -0.25) is 14.4 Å². The molecule has 0 aliphatic rings. The third-order valence-corrected chi connectivity index (χ3v) is 4.72. The first-order valence-corrected chi connectivity index (χ1v) is 10.6. The highest BCUT2D eigenvalue weighted by atomic mass is 32.2. The van der Waals surface area contributed by atoms with Gasteiger partial charge in [0, 0.05) is 0 Å². The molecule has 0 fully saturated rings. The number of rotatable bonds is 13. The predicted molar refractivity (Wildman–Crippen MR) is 111 cm³/mol. The summed E-state index contributed by atoms with van der Waals surface area (Å²) in [4.78, 5) is 47.4. The number of amides is 3. The molecule has 0 radical (unpaired) electrons. The Morgan fingerprint density at radius 3 is 2.31 bits per heavy atom. The third-order valence-electron chi connectivity index (χ3n) is 4.07. The summed E-state index contributed by atoms with van der Waals surface area (Å²) in [5, 5.41) is 16.7. The molecule has 1 aromatic rings. The first-order valence-electron chi connectivity index (χ1n) is 9.19. The maximum Gasteiger partial charge on any atom is 0.326 e. The number of hydrogen-bond acceptors (Lipinski definition) is 6. The lowest BCUT2D eigenvalue weighted by Crippen LogP contribution is -2.53. The minimum atomic E-state index is -1.13. The molecule has 2 atom stereocenters. The van der Waals surface area contributed by atoms with Crippen molar-refractivity contribution in [3.05, 3.63) is 35.9 Å². The number of carboxylic acids is 1. The van der Waals surface area contributed by atoms with Crippen molar-refractivity contribution in [3.8, 4) is 0 Å². The van der Waals surface area contributed by atoms with Gasteiger partial charge >= 0.3 is 5.97 Å². The number of hydrogen-bond donors (Lipinski definition) is 5. The molecule has 0 aromatic heterocycles. The van der Waals surface area contributed by atoms with Gasteiger partial charge in [0.15, 0.2) is 0 Å². The molecule has 160 valence electrons. The lowest BCUT2D eigenvalue weighted by molar-refractivity contribution is -0.142. The van der Waals surface area contributed by atoms with E-state index < -0.39 is 35.8 Å². The van der Waals surface area contributed by atoms with Crippen molar-refractivity contribution in [1.29, 1.82) is 0 Å². The molecule has 1 aromatic carbocycles. The third kappa shape index (κ3) is 9.95. The van der Waals surface area contributed by atoms with Crippen LogP contribution in [0.3, 0.4) is 0 Å². The van der Waals surface area contributed by atoms with E-state index in [1.165, 1.54) is 11.8 Å². The molecule has 0 spiro atoms. The van der Waals surface area contributed by atoms with Gasteiger partial charge in [0.05, 0.1) is 13.1 Å². The van der Waals surface area contributed by atoms with Gasteiger partial charge < -0.3 is 26.8 Å². The van der Waals surface area contributed by atoms with Crippen molar-refractivity contribution in [3.63, 3.8) is 0 Å². The molecule has 10 heteroatoms. The van der Waals surface area contributed by atoms with Crippen LogP contribution >= 0.6 is 11.8 Å². The van der Waals surface area contributed by atoms with Gasteiger partial charge in [-0.15, -0.1) is 0 Å². The van der Waals surface area contributed by atoms with Crippen LogP contribution in [0.2, 0.25) is 0 Å². The van der Waals surface area contributed by atoms with Crippen molar-refractivity contribution < 1.29 is 24.3 Å². The smallest absolute Gasteiger partial charge is 0.326 e. The highest BCUT2D eigenvalue weighted by molar-refractivity contribution is 7.98. The number of nitrogens with two attached hydrogens (primary N) is 1. The Bertz CT molecular complexity index is 686. The number of carbonyl (C=O) groups excluding carboxylic acids is 3. The number of nitrogens with one attached hydrogen (secondary N) is 3. The van der Waals surface area contributed by atoms with Crippen LogP contribution in [0.1, 0.15) is 18.4 Å². The van der Waals surface area contributed by atoms with Crippen LogP contribution in [0.4, 0.5) is 0 Å².